The van der Waals surface area contributed by atoms with Crippen molar-refractivity contribution < 1.29 is 84.9 Å². The van der Waals surface area contributed by atoms with Crippen molar-refractivity contribution in [2.75, 3.05) is 37.8 Å². The predicted molar refractivity (Wildman–Crippen MR) is 196 cm³/mol. The Hall–Kier alpha value is -3.03. The number of amides is 2. The molecule has 3 heterocycles. The van der Waals surface area contributed by atoms with Gasteiger partial charge in [0.15, 0.2) is 17.2 Å². The number of hydrogen-bond acceptors (Lipinski definition) is 22. The lowest BCUT2D eigenvalue weighted by atomic mass is 9.87. The first kappa shape index (κ1) is 50.3. The van der Waals surface area contributed by atoms with Crippen molar-refractivity contribution in [2.24, 2.45) is 5.41 Å². The van der Waals surface area contributed by atoms with Gasteiger partial charge in [-0.15, -0.1) is 0 Å². The summed E-state index contributed by atoms with van der Waals surface area (Å²) in [5.41, 5.74) is 1.94. The molecule has 0 spiro atoms. The highest BCUT2D eigenvalue weighted by atomic mass is 32.2. The molecule has 0 bridgehead atoms. The van der Waals surface area contributed by atoms with E-state index in [2.05, 4.69) is 50.0 Å². The van der Waals surface area contributed by atoms with Gasteiger partial charge in [0.1, 0.15) is 42.1 Å². The summed E-state index contributed by atoms with van der Waals surface area (Å²) >= 11 is 0.804. The number of aromatic nitrogens is 4. The molecule has 59 heavy (non-hydrogen) atoms. The molecule has 24 nitrogen and oxygen atoms in total. The molecule has 332 valence electrons. The fourth-order valence-electron chi connectivity index (χ4n) is 5.34. The Kier molecular flexibility index (Phi) is 17.6. The van der Waals surface area contributed by atoms with Gasteiger partial charge in [-0.1, -0.05) is 45.5 Å². The van der Waals surface area contributed by atoms with E-state index in [1.165, 1.54) is 20.8 Å². The molecule has 0 saturated carbocycles. The third-order valence-corrected chi connectivity index (χ3v) is 12.3. The Bertz CT molecular complexity index is 2040. The Balaban J connectivity index is 1.51. The Morgan fingerprint density at radius 3 is 2.42 bits per heavy atom. The molecule has 1 aliphatic rings. The maximum absolute atomic E-state index is 13.9. The number of anilines is 1. The second kappa shape index (κ2) is 20.7. The van der Waals surface area contributed by atoms with Gasteiger partial charge in [-0.3, -0.25) is 28.1 Å². The van der Waals surface area contributed by atoms with E-state index in [1.807, 2.05) is 0 Å². The number of nitrogens with zero attached hydrogens (tertiary/aromatic N) is 4. The van der Waals surface area contributed by atoms with E-state index < -0.39 is 95.0 Å². The number of nitrogen functional groups attached to an aromatic ring is 1. The number of phosphoric acid groups is 3. The number of aliphatic hydroxyl groups excluding tert-OH is 2. The molecule has 3 rings (SSSR count). The van der Waals surface area contributed by atoms with E-state index in [-0.39, 0.29) is 54.2 Å². The van der Waals surface area contributed by atoms with Crippen molar-refractivity contribution in [3.8, 4) is 0 Å². The van der Waals surface area contributed by atoms with Crippen LogP contribution >= 0.6 is 35.2 Å². The van der Waals surface area contributed by atoms with Gasteiger partial charge in [-0.2, -0.15) is 0 Å². The maximum Gasteiger partial charge on any atom is 0.274 e. The highest BCUT2D eigenvalue weighted by molar-refractivity contribution is 8.14. The first-order valence-electron chi connectivity index (χ1n) is 17.3. The van der Waals surface area contributed by atoms with Crippen molar-refractivity contribution in [3.63, 3.8) is 0 Å². The van der Waals surface area contributed by atoms with Gasteiger partial charge in [0, 0.05) is 36.3 Å². The summed E-state index contributed by atoms with van der Waals surface area (Å²) in [6.45, 7) is 6.03. The fraction of sp³-hybridized carbons (Fsp3) is 0.600. The molecule has 6 N–H and O–H groups in total. The minimum absolute atomic E-state index is 0.00906. The molecule has 7 unspecified atom stereocenters. The summed E-state index contributed by atoms with van der Waals surface area (Å²) in [5, 5.41) is 25.9. The first-order chi connectivity index (χ1) is 27.3. The number of carbonyl (C=O) groups excluding carboxylic acids is 3. The van der Waals surface area contributed by atoms with Crippen LogP contribution in [0.4, 0.5) is 10.2 Å². The van der Waals surface area contributed by atoms with Crippen LogP contribution in [0.3, 0.4) is 0 Å². The topological polar surface area (TPSA) is 375 Å². The van der Waals surface area contributed by atoms with E-state index in [0.717, 1.165) is 35.1 Å². The van der Waals surface area contributed by atoms with Crippen molar-refractivity contribution in [1.29, 1.82) is 0 Å². The molecular weight excluding hydrogens is 874 g/mol. The maximum atomic E-state index is 13.9. The number of aliphatic hydroxyl groups is 2. The second-order valence-electron chi connectivity index (χ2n) is 13.5. The average molecular weight is 918 g/mol. The number of hydrogen-bond donors (Lipinski definition) is 5. The highest BCUT2D eigenvalue weighted by Gasteiger charge is 2.55. The predicted octanol–water partition coefficient (Wildman–Crippen LogP) is -1.48. The number of rotatable bonds is 23. The summed E-state index contributed by atoms with van der Waals surface area (Å²) in [7, 11) is -17.7. The van der Waals surface area contributed by atoms with Crippen LogP contribution in [0.15, 0.2) is 36.7 Å². The van der Waals surface area contributed by atoms with Crippen LogP contribution in [0.5, 0.6) is 0 Å². The van der Waals surface area contributed by atoms with Crippen LogP contribution in [0.25, 0.3) is 11.2 Å². The normalized spacial score (nSPS) is 22.9. The molecule has 7 atom stereocenters. The molecule has 1 aliphatic heterocycles. The first-order valence-corrected chi connectivity index (χ1v) is 22.7. The summed E-state index contributed by atoms with van der Waals surface area (Å²) in [6, 6.07) is 0. The van der Waals surface area contributed by atoms with Gasteiger partial charge < -0.3 is 69.0 Å². The Morgan fingerprint density at radius 2 is 1.80 bits per heavy atom. The van der Waals surface area contributed by atoms with Gasteiger partial charge in [-0.05, 0) is 19.4 Å². The van der Waals surface area contributed by atoms with Gasteiger partial charge in [-0.25, -0.2) is 23.7 Å². The molecule has 1 saturated heterocycles. The van der Waals surface area contributed by atoms with Crippen molar-refractivity contribution >= 4 is 69.1 Å². The Labute approximate surface area is 340 Å². The van der Waals surface area contributed by atoms with Gasteiger partial charge in [0.25, 0.3) is 15.6 Å². The minimum atomic E-state index is -5.96. The van der Waals surface area contributed by atoms with Crippen LogP contribution in [0, 0.1) is 5.41 Å². The molecule has 0 aromatic carbocycles. The zero-order valence-electron chi connectivity index (χ0n) is 31.9. The van der Waals surface area contributed by atoms with E-state index in [0.29, 0.717) is 6.42 Å². The number of fused-ring (bicyclic) bond motifs is 1. The number of phosphoric ester groups is 3. The van der Waals surface area contributed by atoms with E-state index in [4.69, 9.17) is 10.5 Å². The lowest BCUT2D eigenvalue weighted by Crippen LogP contribution is -2.46. The van der Waals surface area contributed by atoms with E-state index in [1.54, 1.807) is 6.92 Å². The highest BCUT2D eigenvalue weighted by Crippen LogP contribution is 2.56. The largest absolute Gasteiger partial charge is 0.790 e. The number of imidazole rings is 1. The zero-order chi connectivity index (χ0) is 44.6. The smallest absolute Gasteiger partial charge is 0.274 e. The monoisotopic (exact) mass is 917 g/mol. The number of nitrogens with one attached hydrogen (secondary N) is 2. The third-order valence-electron chi connectivity index (χ3n) is 8.41. The lowest BCUT2D eigenvalue weighted by Gasteiger charge is -2.36. The lowest BCUT2D eigenvalue weighted by molar-refractivity contribution is -0.347. The van der Waals surface area contributed by atoms with Crippen molar-refractivity contribution in [2.45, 2.75) is 77.1 Å². The number of halogens is 1. The summed E-state index contributed by atoms with van der Waals surface area (Å²) in [6.07, 6.45) is -4.55. The fourth-order valence-corrected chi connectivity index (χ4v) is 8.83. The quantitative estimate of drug-likeness (QED) is 0.0367. The number of ether oxygens (including phenoxy) is 1. The Morgan fingerprint density at radius 1 is 1.14 bits per heavy atom. The van der Waals surface area contributed by atoms with Crippen molar-refractivity contribution in [3.05, 3.63) is 36.7 Å². The molecule has 29 heteroatoms. The number of thioether (sulfide) groups is 1. The number of allylic oxidation sites excluding steroid dienone is 2. The second-order valence-corrected chi connectivity index (χ2v) is 18.6. The van der Waals surface area contributed by atoms with Crippen molar-refractivity contribution in [1.82, 2.24) is 30.2 Å². The molecular formula is C30H43FN7O17P3S-4. The molecule has 0 aliphatic carbocycles. The average Bonchev–Trinajstić information content (AvgIpc) is 3.69. The van der Waals surface area contributed by atoms with Crippen LogP contribution < -0.4 is 35.9 Å². The third kappa shape index (κ3) is 14.0. The van der Waals surface area contributed by atoms with Crippen LogP contribution in [0.1, 0.15) is 47.0 Å². The van der Waals surface area contributed by atoms with Crippen LogP contribution in [-0.2, 0) is 56.4 Å². The standard InChI is InChI=1S/C30H47FN7O17P3S/c1-6-8-17(18(31)7-2)28(43)59-12-11-33-20(39)9-10-34-27(42)24(41)29(3,4)14-52-58(49,50)55-57(47,48)51-13-19-22(54-56(44,45)46)23(40)30(5,53-19)38-16-37-21-25(32)35-15-36-26(21)38/h7,15-16,19,22-24,40-41H,2,6,8-14H2,1,3-5H3,(H,33,39)(H,34,42)(H,47,48)(H,49,50)(H2,32,35,36)(H2,44,45,46)/p-4/b18-17-. The number of nitrogens with two attached hydrogens (primary N) is 1. The van der Waals surface area contributed by atoms with Gasteiger partial charge >= 0.3 is 0 Å². The van der Waals surface area contributed by atoms with E-state index >= 15 is 0 Å². The van der Waals surface area contributed by atoms with Gasteiger partial charge in [0.05, 0.1) is 27.4 Å². The van der Waals surface area contributed by atoms with Crippen LogP contribution in [0.2, 0.25) is 0 Å². The van der Waals surface area contributed by atoms with E-state index in [9.17, 15) is 62.3 Å². The molecule has 1 fully saturated rings. The van der Waals surface area contributed by atoms with Crippen LogP contribution in [-0.4, -0.2) is 103 Å². The molecule has 2 aromatic rings. The summed E-state index contributed by atoms with van der Waals surface area (Å²) < 4.78 is 74.9. The molecule has 0 radical (unpaired) electrons. The SMILES string of the molecule is C=C/C(F)=C(\CCC)C(=O)SCCNC(=O)CCNC(=O)C(O)C(C)(C)COP(=O)([O-])OP(=O)([O-])OCC1OC(C)(n2cnc3c(N)ncnc32)C(O)C1OP(=O)([O-])[O-]. The minimum Gasteiger partial charge on any atom is -0.790 e. The summed E-state index contributed by atoms with van der Waals surface area (Å²) in [4.78, 5) is 96.9. The number of carbonyl (C=O) groups is 3. The summed E-state index contributed by atoms with van der Waals surface area (Å²) in [5.74, 6) is -2.28. The van der Waals surface area contributed by atoms with Gasteiger partial charge in [0.2, 0.25) is 16.9 Å². The zero-order valence-corrected chi connectivity index (χ0v) is 35.4. The molecule has 2 aromatic heterocycles. The molecule has 2 amide bonds.